The molecule has 1 fully saturated rings. The van der Waals surface area contributed by atoms with Crippen LogP contribution in [0.25, 0.3) is 0 Å². The molecular formula is C26H26BrClF3NO4. The van der Waals surface area contributed by atoms with Gasteiger partial charge in [-0.05, 0) is 54.2 Å². The summed E-state index contributed by atoms with van der Waals surface area (Å²) in [6.45, 7) is 5.11. The summed E-state index contributed by atoms with van der Waals surface area (Å²) in [4.78, 5) is 26.3. The summed E-state index contributed by atoms with van der Waals surface area (Å²) in [5, 5.41) is 0. The van der Waals surface area contributed by atoms with E-state index in [-0.39, 0.29) is 0 Å². The predicted octanol–water partition coefficient (Wildman–Crippen LogP) is 7.36. The lowest BCUT2D eigenvalue weighted by molar-refractivity contribution is -0.151. The van der Waals surface area contributed by atoms with Gasteiger partial charge in [-0.2, -0.15) is 13.2 Å². The Labute approximate surface area is 221 Å². The van der Waals surface area contributed by atoms with E-state index < -0.39 is 47.0 Å². The molecule has 1 amide bonds. The van der Waals surface area contributed by atoms with Crippen LogP contribution in [0.2, 0.25) is 0 Å². The van der Waals surface area contributed by atoms with Crippen molar-refractivity contribution in [3.05, 3.63) is 64.1 Å². The summed E-state index contributed by atoms with van der Waals surface area (Å²) < 4.78 is 51.0. The highest BCUT2D eigenvalue weighted by Crippen LogP contribution is 2.60. The highest BCUT2D eigenvalue weighted by Gasteiger charge is 2.62. The molecule has 36 heavy (non-hydrogen) atoms. The van der Waals surface area contributed by atoms with Gasteiger partial charge < -0.3 is 9.47 Å². The van der Waals surface area contributed by atoms with Gasteiger partial charge in [-0.3, -0.25) is 14.5 Å². The van der Waals surface area contributed by atoms with E-state index in [0.29, 0.717) is 33.6 Å². The maximum absolute atomic E-state index is 13.1. The fraction of sp³-hybridized carbons (Fsp3) is 0.385. The molecule has 0 N–H and O–H groups in total. The predicted molar refractivity (Wildman–Crippen MR) is 135 cm³/mol. The zero-order chi connectivity index (χ0) is 26.8. The fourth-order valence-corrected chi connectivity index (χ4v) is 4.93. The molecule has 0 aromatic heterocycles. The van der Waals surface area contributed by atoms with Crippen molar-refractivity contribution >= 4 is 51.3 Å². The van der Waals surface area contributed by atoms with Crippen LogP contribution in [0.1, 0.15) is 32.4 Å². The number of benzene rings is 2. The van der Waals surface area contributed by atoms with Gasteiger partial charge in [0.1, 0.15) is 11.9 Å². The van der Waals surface area contributed by atoms with Crippen LogP contribution < -0.4 is 9.64 Å². The molecule has 2 aromatic carbocycles. The first-order valence-corrected chi connectivity index (χ1v) is 12.4. The molecule has 1 saturated carbocycles. The lowest BCUT2D eigenvalue weighted by Gasteiger charge is -2.21. The molecule has 0 bridgehead atoms. The molecule has 1 aliphatic carbocycles. The molecule has 0 aliphatic heterocycles. The minimum absolute atomic E-state index is 0.523. The van der Waals surface area contributed by atoms with Crippen molar-refractivity contribution in [2.24, 2.45) is 17.3 Å². The second kappa shape index (κ2) is 10.8. The maximum Gasteiger partial charge on any atom is 0.413 e. The van der Waals surface area contributed by atoms with Crippen LogP contribution in [0, 0.1) is 17.3 Å². The van der Waals surface area contributed by atoms with Gasteiger partial charge in [0.15, 0.2) is 0 Å². The van der Waals surface area contributed by atoms with E-state index >= 15 is 0 Å². The zero-order valence-electron chi connectivity index (χ0n) is 20.1. The summed E-state index contributed by atoms with van der Waals surface area (Å²) in [6.07, 6.45) is -3.57. The fourth-order valence-electron chi connectivity index (χ4n) is 4.19. The smallest absolute Gasteiger partial charge is 0.413 e. The largest absolute Gasteiger partial charge is 0.497 e. The highest BCUT2D eigenvalue weighted by molar-refractivity contribution is 9.10. The van der Waals surface area contributed by atoms with Crippen LogP contribution in [-0.4, -0.2) is 31.5 Å². The quantitative estimate of drug-likeness (QED) is 0.133. The van der Waals surface area contributed by atoms with E-state index in [1.165, 1.54) is 12.0 Å². The number of methoxy groups -OCH3 is 1. The number of carbonyl (C=O) groups excluding carboxylic acids is 2. The molecule has 3 unspecified atom stereocenters. The Kier molecular flexibility index (Phi) is 8.45. The third-order valence-electron chi connectivity index (χ3n) is 6.44. The van der Waals surface area contributed by atoms with Gasteiger partial charge in [0.25, 0.3) is 0 Å². The molecule has 3 atom stereocenters. The normalized spacial score (nSPS) is 19.9. The summed E-state index contributed by atoms with van der Waals surface area (Å²) in [5.74, 6) is -2.06. The second-order valence-corrected chi connectivity index (χ2v) is 10.3. The number of amides is 1. The number of carbonyl (C=O) groups is 2. The lowest BCUT2D eigenvalue weighted by atomic mass is 10.1. The van der Waals surface area contributed by atoms with Crippen molar-refractivity contribution in [1.82, 2.24) is 0 Å². The first-order chi connectivity index (χ1) is 16.8. The van der Waals surface area contributed by atoms with Gasteiger partial charge in [-0.25, -0.2) is 0 Å². The zero-order valence-corrected chi connectivity index (χ0v) is 22.4. The van der Waals surface area contributed by atoms with Crippen molar-refractivity contribution in [1.29, 1.82) is 0 Å². The molecule has 10 heteroatoms. The number of alkyl halides is 4. The summed E-state index contributed by atoms with van der Waals surface area (Å²) in [7, 11) is 1.53. The lowest BCUT2D eigenvalue weighted by Crippen LogP contribution is -2.16. The standard InChI is InChI=1S/C26H26BrClF3NO4/c1-15(36-24(34)23-22(25(23,2)3)10-17(13-28)26(29,30)31)16-8-18(27)11-20(9-16)32(14-33)19-6-5-7-21(12-19)35-4/h5-12,14-15,22-23H,13H2,1-4H3. The van der Waals surface area contributed by atoms with Gasteiger partial charge in [0.05, 0.1) is 30.3 Å². The summed E-state index contributed by atoms with van der Waals surface area (Å²) >= 11 is 8.93. The number of esters is 1. The van der Waals surface area contributed by atoms with Crippen molar-refractivity contribution in [2.45, 2.75) is 33.1 Å². The number of allylic oxidation sites excluding steroid dienone is 2. The molecule has 2 aromatic rings. The van der Waals surface area contributed by atoms with Gasteiger partial charge in [-0.15, -0.1) is 11.6 Å². The number of rotatable bonds is 9. The van der Waals surface area contributed by atoms with Crippen LogP contribution in [-0.2, 0) is 14.3 Å². The third-order valence-corrected chi connectivity index (χ3v) is 7.18. The molecular weight excluding hydrogens is 563 g/mol. The van der Waals surface area contributed by atoms with Crippen molar-refractivity contribution in [3.8, 4) is 5.75 Å². The molecule has 0 spiro atoms. The number of hydrogen-bond donors (Lipinski definition) is 0. The molecule has 0 heterocycles. The first-order valence-electron chi connectivity index (χ1n) is 11.1. The minimum Gasteiger partial charge on any atom is -0.497 e. The van der Waals surface area contributed by atoms with Crippen molar-refractivity contribution in [3.63, 3.8) is 0 Å². The summed E-state index contributed by atoms with van der Waals surface area (Å²) in [5.41, 5.74) is 0.142. The minimum atomic E-state index is -4.55. The molecule has 0 saturated heterocycles. The Bertz CT molecular complexity index is 1170. The van der Waals surface area contributed by atoms with E-state index in [4.69, 9.17) is 21.1 Å². The van der Waals surface area contributed by atoms with Gasteiger partial charge in [0, 0.05) is 16.1 Å². The Balaban J connectivity index is 1.81. The number of hydrogen-bond acceptors (Lipinski definition) is 4. The van der Waals surface area contributed by atoms with E-state index in [2.05, 4.69) is 15.9 Å². The molecule has 3 rings (SSSR count). The molecule has 0 radical (unpaired) electrons. The van der Waals surface area contributed by atoms with Crippen LogP contribution in [0.3, 0.4) is 0 Å². The van der Waals surface area contributed by atoms with Crippen LogP contribution in [0.5, 0.6) is 5.75 Å². The monoisotopic (exact) mass is 587 g/mol. The molecule has 1 aliphatic rings. The van der Waals surface area contributed by atoms with Gasteiger partial charge in [0.2, 0.25) is 6.41 Å². The average Bonchev–Trinajstić information content (AvgIpc) is 3.36. The SMILES string of the molecule is COc1cccc(N(C=O)c2cc(Br)cc(C(C)OC(=O)C3C(C=C(CCl)C(F)(F)F)C3(C)C)c2)c1. The van der Waals surface area contributed by atoms with Gasteiger partial charge >= 0.3 is 12.1 Å². The average molecular weight is 589 g/mol. The maximum atomic E-state index is 13.1. The second-order valence-electron chi connectivity index (χ2n) is 9.15. The van der Waals surface area contributed by atoms with E-state index in [9.17, 15) is 22.8 Å². The van der Waals surface area contributed by atoms with Crippen molar-refractivity contribution in [2.75, 3.05) is 17.9 Å². The number of ether oxygens (including phenoxy) is 2. The molecule has 5 nitrogen and oxygen atoms in total. The van der Waals surface area contributed by atoms with Crippen LogP contribution in [0.4, 0.5) is 24.5 Å². The first kappa shape index (κ1) is 28.1. The summed E-state index contributed by atoms with van der Waals surface area (Å²) in [6, 6.07) is 12.2. The number of halogens is 5. The number of nitrogens with zero attached hydrogens (tertiary/aromatic N) is 1. The Morgan fingerprint density at radius 1 is 1.22 bits per heavy atom. The third kappa shape index (κ3) is 6.06. The Hall–Kier alpha value is -2.52. The number of anilines is 2. The van der Waals surface area contributed by atoms with Gasteiger partial charge in [-0.1, -0.05) is 41.9 Å². The van der Waals surface area contributed by atoms with Crippen LogP contribution in [0.15, 0.2) is 58.6 Å². The van der Waals surface area contributed by atoms with Crippen molar-refractivity contribution < 1.29 is 32.2 Å². The Morgan fingerprint density at radius 2 is 1.92 bits per heavy atom. The highest BCUT2D eigenvalue weighted by atomic mass is 79.9. The topological polar surface area (TPSA) is 55.8 Å². The van der Waals surface area contributed by atoms with E-state index in [0.717, 1.165) is 6.08 Å². The Morgan fingerprint density at radius 3 is 2.50 bits per heavy atom. The van der Waals surface area contributed by atoms with Crippen LogP contribution >= 0.6 is 27.5 Å². The van der Waals surface area contributed by atoms with E-state index in [1.807, 2.05) is 0 Å². The van der Waals surface area contributed by atoms with E-state index in [1.54, 1.807) is 63.2 Å². The molecule has 194 valence electrons.